The lowest BCUT2D eigenvalue weighted by atomic mass is 9.94. The van der Waals surface area contributed by atoms with Gasteiger partial charge in [-0.2, -0.15) is 0 Å². The summed E-state index contributed by atoms with van der Waals surface area (Å²) in [7, 11) is 0. The summed E-state index contributed by atoms with van der Waals surface area (Å²) in [5.41, 5.74) is 2.25. The van der Waals surface area contributed by atoms with Crippen LogP contribution in [0.1, 0.15) is 69.2 Å². The first kappa shape index (κ1) is 15.3. The van der Waals surface area contributed by atoms with E-state index in [9.17, 15) is 4.79 Å². The molecular formula is C17H28N2O. The van der Waals surface area contributed by atoms with Crippen molar-refractivity contribution in [3.63, 3.8) is 0 Å². The van der Waals surface area contributed by atoms with E-state index >= 15 is 0 Å². The summed E-state index contributed by atoms with van der Waals surface area (Å²) in [6.45, 7) is 5.94. The van der Waals surface area contributed by atoms with Crippen molar-refractivity contribution in [3.05, 3.63) is 33.7 Å². The Kier molecular flexibility index (Phi) is 5.84. The maximum atomic E-state index is 12.7. The van der Waals surface area contributed by atoms with E-state index in [0.29, 0.717) is 12.6 Å². The third kappa shape index (κ3) is 3.72. The Labute approximate surface area is 122 Å². The van der Waals surface area contributed by atoms with Crippen LogP contribution in [0.3, 0.4) is 0 Å². The second kappa shape index (κ2) is 7.63. The molecule has 0 aliphatic heterocycles. The van der Waals surface area contributed by atoms with E-state index < -0.39 is 0 Å². The van der Waals surface area contributed by atoms with E-state index in [1.165, 1.54) is 32.1 Å². The molecule has 3 heteroatoms. The first-order valence-electron chi connectivity index (χ1n) is 8.15. The Morgan fingerprint density at radius 1 is 1.25 bits per heavy atom. The fraction of sp³-hybridized carbons (Fsp3) is 0.706. The molecular weight excluding hydrogens is 248 g/mol. The van der Waals surface area contributed by atoms with Crippen molar-refractivity contribution in [1.82, 2.24) is 9.88 Å². The van der Waals surface area contributed by atoms with Crippen LogP contribution < -0.4 is 10.9 Å². The highest BCUT2D eigenvalue weighted by Gasteiger charge is 2.18. The van der Waals surface area contributed by atoms with Gasteiger partial charge in [0.25, 0.3) is 5.56 Å². The summed E-state index contributed by atoms with van der Waals surface area (Å²) in [5.74, 6) is 0. The molecule has 1 saturated carbocycles. The molecule has 1 N–H and O–H groups in total. The Balaban J connectivity index is 2.12. The van der Waals surface area contributed by atoms with Gasteiger partial charge in [-0.25, -0.2) is 0 Å². The Bertz CT molecular complexity index is 472. The van der Waals surface area contributed by atoms with Crippen LogP contribution in [0.15, 0.2) is 16.9 Å². The van der Waals surface area contributed by atoms with Gasteiger partial charge in [-0.3, -0.25) is 4.79 Å². The zero-order chi connectivity index (χ0) is 14.4. The van der Waals surface area contributed by atoms with E-state index in [1.807, 2.05) is 6.07 Å². The largest absolute Gasteiger partial charge is 0.312 e. The molecule has 112 valence electrons. The van der Waals surface area contributed by atoms with Gasteiger partial charge in [0.1, 0.15) is 0 Å². The zero-order valence-electron chi connectivity index (χ0n) is 13.0. The molecule has 0 bridgehead atoms. The van der Waals surface area contributed by atoms with Gasteiger partial charge >= 0.3 is 0 Å². The van der Waals surface area contributed by atoms with E-state index in [1.54, 1.807) is 0 Å². The van der Waals surface area contributed by atoms with Crippen LogP contribution in [-0.4, -0.2) is 11.1 Å². The highest BCUT2D eigenvalue weighted by Crippen LogP contribution is 2.27. The molecule has 20 heavy (non-hydrogen) atoms. The third-order valence-electron chi connectivity index (χ3n) is 4.36. The highest BCUT2D eigenvalue weighted by atomic mass is 16.1. The predicted molar refractivity (Wildman–Crippen MR) is 84.2 cm³/mol. The highest BCUT2D eigenvalue weighted by molar-refractivity contribution is 5.16. The number of nitrogens with zero attached hydrogens (tertiary/aromatic N) is 1. The molecule has 0 saturated heterocycles. The SMILES string of the molecule is CCCCNCc1ccc(C)n(C2CCCCC2)c1=O. The van der Waals surface area contributed by atoms with Gasteiger partial charge < -0.3 is 9.88 Å². The second-order valence-corrected chi connectivity index (χ2v) is 6.00. The normalized spacial score (nSPS) is 16.5. The molecule has 3 nitrogen and oxygen atoms in total. The Morgan fingerprint density at radius 3 is 2.70 bits per heavy atom. The summed E-state index contributed by atoms with van der Waals surface area (Å²) in [5, 5.41) is 3.38. The summed E-state index contributed by atoms with van der Waals surface area (Å²) in [4.78, 5) is 12.7. The maximum absolute atomic E-state index is 12.7. The summed E-state index contributed by atoms with van der Waals surface area (Å²) in [6.07, 6.45) is 8.52. The second-order valence-electron chi connectivity index (χ2n) is 6.00. The molecule has 1 fully saturated rings. The number of aromatic nitrogens is 1. The van der Waals surface area contributed by atoms with Crippen LogP contribution >= 0.6 is 0 Å². The molecule has 1 aliphatic carbocycles. The summed E-state index contributed by atoms with van der Waals surface area (Å²) < 4.78 is 2.05. The van der Waals surface area contributed by atoms with Gasteiger partial charge in [0.05, 0.1) is 0 Å². The average Bonchev–Trinajstić information content (AvgIpc) is 2.47. The first-order valence-corrected chi connectivity index (χ1v) is 8.15. The minimum atomic E-state index is 0.223. The maximum Gasteiger partial charge on any atom is 0.255 e. The van der Waals surface area contributed by atoms with E-state index in [4.69, 9.17) is 0 Å². The van der Waals surface area contributed by atoms with Crippen molar-refractivity contribution in [2.24, 2.45) is 0 Å². The van der Waals surface area contributed by atoms with E-state index in [0.717, 1.165) is 30.6 Å². The molecule has 0 atom stereocenters. The van der Waals surface area contributed by atoms with Crippen LogP contribution in [0.25, 0.3) is 0 Å². The number of hydrogen-bond donors (Lipinski definition) is 1. The molecule has 1 heterocycles. The molecule has 0 unspecified atom stereocenters. The summed E-state index contributed by atoms with van der Waals surface area (Å²) in [6, 6.07) is 4.52. The van der Waals surface area contributed by atoms with Crippen molar-refractivity contribution >= 4 is 0 Å². The van der Waals surface area contributed by atoms with E-state index in [-0.39, 0.29) is 5.56 Å². The average molecular weight is 276 g/mol. The smallest absolute Gasteiger partial charge is 0.255 e. The van der Waals surface area contributed by atoms with Crippen LogP contribution in [0.2, 0.25) is 0 Å². The number of nitrogens with one attached hydrogen (secondary N) is 1. The first-order chi connectivity index (χ1) is 9.74. The fourth-order valence-electron chi connectivity index (χ4n) is 3.14. The van der Waals surface area contributed by atoms with Gasteiger partial charge in [0.15, 0.2) is 0 Å². The molecule has 0 radical (unpaired) electrons. The molecule has 0 amide bonds. The van der Waals surface area contributed by atoms with Crippen molar-refractivity contribution in [3.8, 4) is 0 Å². The minimum absolute atomic E-state index is 0.223. The van der Waals surface area contributed by atoms with Gasteiger partial charge in [0, 0.05) is 23.8 Å². The van der Waals surface area contributed by atoms with E-state index in [2.05, 4.69) is 29.8 Å². The lowest BCUT2D eigenvalue weighted by Gasteiger charge is -2.26. The number of aryl methyl sites for hydroxylation is 1. The molecule has 1 aromatic rings. The van der Waals surface area contributed by atoms with Crippen molar-refractivity contribution in [2.75, 3.05) is 6.54 Å². The molecule has 1 aromatic heterocycles. The van der Waals surface area contributed by atoms with Gasteiger partial charge in [-0.1, -0.05) is 38.7 Å². The van der Waals surface area contributed by atoms with Crippen LogP contribution in [0.4, 0.5) is 0 Å². The quantitative estimate of drug-likeness (QED) is 0.806. The van der Waals surface area contributed by atoms with Crippen molar-refractivity contribution < 1.29 is 0 Å². The Hall–Kier alpha value is -1.09. The van der Waals surface area contributed by atoms with Crippen LogP contribution in [-0.2, 0) is 6.54 Å². The molecule has 0 spiro atoms. The number of hydrogen-bond acceptors (Lipinski definition) is 2. The van der Waals surface area contributed by atoms with Crippen molar-refractivity contribution in [1.29, 1.82) is 0 Å². The lowest BCUT2D eigenvalue weighted by molar-refractivity contribution is 0.340. The minimum Gasteiger partial charge on any atom is -0.312 e. The predicted octanol–water partition coefficient (Wildman–Crippen LogP) is 3.55. The lowest BCUT2D eigenvalue weighted by Crippen LogP contribution is -2.32. The van der Waals surface area contributed by atoms with Crippen LogP contribution in [0.5, 0.6) is 0 Å². The van der Waals surface area contributed by atoms with Gasteiger partial charge in [-0.15, -0.1) is 0 Å². The standard InChI is InChI=1S/C17H28N2O/c1-3-4-12-18-13-15-11-10-14(2)19(17(15)20)16-8-6-5-7-9-16/h10-11,16,18H,3-9,12-13H2,1-2H3. The van der Waals surface area contributed by atoms with Gasteiger partial charge in [0.2, 0.25) is 0 Å². The topological polar surface area (TPSA) is 34.0 Å². The molecule has 0 aromatic carbocycles. The van der Waals surface area contributed by atoms with Crippen LogP contribution in [0, 0.1) is 6.92 Å². The molecule has 2 rings (SSSR count). The Morgan fingerprint density at radius 2 is 2.00 bits per heavy atom. The molecule has 1 aliphatic rings. The number of unbranched alkanes of at least 4 members (excludes halogenated alkanes) is 1. The zero-order valence-corrected chi connectivity index (χ0v) is 13.0. The summed E-state index contributed by atoms with van der Waals surface area (Å²) >= 11 is 0. The monoisotopic (exact) mass is 276 g/mol. The number of pyridine rings is 1. The number of rotatable bonds is 6. The van der Waals surface area contributed by atoms with Crippen molar-refractivity contribution in [2.45, 2.75) is 71.4 Å². The third-order valence-corrected chi connectivity index (χ3v) is 4.36. The fourth-order valence-corrected chi connectivity index (χ4v) is 3.14. The van der Waals surface area contributed by atoms with Gasteiger partial charge in [-0.05, 0) is 38.8 Å².